The fraction of sp³-hybridized carbons (Fsp3) is 0.263. The summed E-state index contributed by atoms with van der Waals surface area (Å²) in [6.07, 6.45) is -2.96. The minimum atomic E-state index is -4.47. The highest BCUT2D eigenvalue weighted by Gasteiger charge is 2.35. The fourth-order valence-electron chi connectivity index (χ4n) is 3.42. The van der Waals surface area contributed by atoms with Gasteiger partial charge in [-0.15, -0.1) is 0 Å². The number of halogens is 3. The molecule has 4 rings (SSSR count). The maximum atomic E-state index is 12.9. The van der Waals surface area contributed by atoms with E-state index in [2.05, 4.69) is 9.97 Å². The summed E-state index contributed by atoms with van der Waals surface area (Å²) in [6.45, 7) is 0.497. The van der Waals surface area contributed by atoms with E-state index in [1.807, 2.05) is 24.3 Å². The van der Waals surface area contributed by atoms with E-state index in [-0.39, 0.29) is 11.6 Å². The molecular weight excluding hydrogens is 343 g/mol. The van der Waals surface area contributed by atoms with E-state index in [0.717, 1.165) is 36.0 Å². The molecule has 4 nitrogen and oxygen atoms in total. The van der Waals surface area contributed by atoms with Crippen LogP contribution in [0.1, 0.15) is 40.6 Å². The minimum absolute atomic E-state index is 0.0443. The van der Waals surface area contributed by atoms with E-state index in [9.17, 15) is 18.0 Å². The Kier molecular flexibility index (Phi) is 3.94. The van der Waals surface area contributed by atoms with Crippen LogP contribution >= 0.6 is 0 Å². The Bertz CT molecular complexity index is 931. The largest absolute Gasteiger partial charge is 0.416 e. The second kappa shape index (κ2) is 6.16. The number of rotatable bonds is 2. The zero-order chi connectivity index (χ0) is 18.3. The van der Waals surface area contributed by atoms with E-state index in [1.165, 1.54) is 12.1 Å². The van der Waals surface area contributed by atoms with Crippen LogP contribution in [0.15, 0.2) is 48.5 Å². The zero-order valence-corrected chi connectivity index (χ0v) is 13.8. The smallest absolute Gasteiger partial charge is 0.340 e. The van der Waals surface area contributed by atoms with E-state index in [1.54, 1.807) is 4.90 Å². The van der Waals surface area contributed by atoms with Gasteiger partial charge < -0.3 is 9.88 Å². The number of likely N-dealkylation sites (tertiary alicyclic amines) is 1. The Morgan fingerprint density at radius 3 is 2.73 bits per heavy atom. The zero-order valence-electron chi connectivity index (χ0n) is 13.8. The molecule has 1 saturated heterocycles. The number of fused-ring (bicyclic) bond motifs is 1. The highest BCUT2D eigenvalue weighted by Crippen LogP contribution is 2.34. The third-order valence-electron chi connectivity index (χ3n) is 4.67. The Balaban J connectivity index is 1.65. The third kappa shape index (κ3) is 2.94. The normalized spacial score (nSPS) is 17.8. The van der Waals surface area contributed by atoms with Crippen molar-refractivity contribution in [1.29, 1.82) is 0 Å². The van der Waals surface area contributed by atoms with Crippen molar-refractivity contribution in [3.8, 4) is 0 Å². The molecule has 0 spiro atoms. The van der Waals surface area contributed by atoms with Crippen molar-refractivity contribution in [2.45, 2.75) is 25.1 Å². The van der Waals surface area contributed by atoms with Gasteiger partial charge in [0.1, 0.15) is 5.82 Å². The number of aromatic amines is 1. The highest BCUT2D eigenvalue weighted by molar-refractivity contribution is 5.95. The maximum Gasteiger partial charge on any atom is 0.416 e. The number of carbonyl (C=O) groups is 1. The molecule has 7 heteroatoms. The van der Waals surface area contributed by atoms with Crippen molar-refractivity contribution < 1.29 is 18.0 Å². The third-order valence-corrected chi connectivity index (χ3v) is 4.67. The molecule has 1 amide bonds. The molecule has 1 aliphatic rings. The van der Waals surface area contributed by atoms with Crippen molar-refractivity contribution in [2.24, 2.45) is 0 Å². The van der Waals surface area contributed by atoms with Crippen LogP contribution in [0.25, 0.3) is 11.0 Å². The second-order valence-electron chi connectivity index (χ2n) is 6.37. The molecule has 0 bridgehead atoms. The van der Waals surface area contributed by atoms with Crippen LogP contribution < -0.4 is 0 Å². The number of H-pyrrole nitrogens is 1. The van der Waals surface area contributed by atoms with Crippen molar-refractivity contribution in [2.75, 3.05) is 6.54 Å². The Labute approximate surface area is 147 Å². The lowest BCUT2D eigenvalue weighted by atomic mass is 10.1. The van der Waals surface area contributed by atoms with Gasteiger partial charge in [0.05, 0.1) is 22.6 Å². The SMILES string of the molecule is O=C(c1cccc(C(F)(F)F)c1)N1CCCC1c1nc2ccccc2[nH]1. The Hall–Kier alpha value is -2.83. The maximum absolute atomic E-state index is 12.9. The molecule has 1 N–H and O–H groups in total. The molecule has 2 aromatic carbocycles. The summed E-state index contributed by atoms with van der Waals surface area (Å²) in [4.78, 5) is 22.2. The second-order valence-corrected chi connectivity index (χ2v) is 6.37. The summed E-state index contributed by atoms with van der Waals surface area (Å²) in [6, 6.07) is 11.9. The van der Waals surface area contributed by atoms with Crippen molar-refractivity contribution in [3.63, 3.8) is 0 Å². The summed E-state index contributed by atoms with van der Waals surface area (Å²) in [5, 5.41) is 0. The lowest BCUT2D eigenvalue weighted by molar-refractivity contribution is -0.137. The molecule has 134 valence electrons. The minimum Gasteiger partial charge on any atom is -0.340 e. The summed E-state index contributed by atoms with van der Waals surface area (Å²) >= 11 is 0. The van der Waals surface area contributed by atoms with Crippen LogP contribution in [0.2, 0.25) is 0 Å². The average molecular weight is 359 g/mol. The van der Waals surface area contributed by atoms with Gasteiger partial charge >= 0.3 is 6.18 Å². The van der Waals surface area contributed by atoms with E-state index in [0.29, 0.717) is 12.4 Å². The van der Waals surface area contributed by atoms with Gasteiger partial charge in [0.2, 0.25) is 0 Å². The molecule has 1 aliphatic heterocycles. The molecule has 3 aromatic rings. The van der Waals surface area contributed by atoms with E-state index < -0.39 is 17.6 Å². The predicted molar refractivity (Wildman–Crippen MR) is 90.5 cm³/mol. The van der Waals surface area contributed by atoms with Gasteiger partial charge in [0.25, 0.3) is 5.91 Å². The molecule has 26 heavy (non-hydrogen) atoms. The van der Waals surface area contributed by atoms with Gasteiger partial charge in [-0.25, -0.2) is 4.98 Å². The molecule has 1 aromatic heterocycles. The number of hydrogen-bond donors (Lipinski definition) is 1. The lowest BCUT2D eigenvalue weighted by Gasteiger charge is -2.23. The summed E-state index contributed by atoms with van der Waals surface area (Å²) < 4.78 is 38.8. The number of hydrogen-bond acceptors (Lipinski definition) is 2. The number of nitrogens with zero attached hydrogens (tertiary/aromatic N) is 2. The van der Waals surface area contributed by atoms with Gasteiger partial charge in [-0.2, -0.15) is 13.2 Å². The number of carbonyl (C=O) groups excluding carboxylic acids is 1. The van der Waals surface area contributed by atoms with Gasteiger partial charge in [0, 0.05) is 12.1 Å². The highest BCUT2D eigenvalue weighted by atomic mass is 19.4. The lowest BCUT2D eigenvalue weighted by Crippen LogP contribution is -2.31. The number of benzene rings is 2. The summed E-state index contributed by atoms with van der Waals surface area (Å²) in [5.74, 6) is 0.267. The number of para-hydroxylation sites is 2. The van der Waals surface area contributed by atoms with E-state index in [4.69, 9.17) is 0 Å². The first-order valence-electron chi connectivity index (χ1n) is 8.36. The van der Waals surface area contributed by atoms with Crippen LogP contribution in [-0.4, -0.2) is 27.3 Å². The number of alkyl halides is 3. The Morgan fingerprint density at radius 2 is 1.96 bits per heavy atom. The number of amides is 1. The monoisotopic (exact) mass is 359 g/mol. The topological polar surface area (TPSA) is 49.0 Å². The molecule has 2 heterocycles. The first-order chi connectivity index (χ1) is 12.4. The average Bonchev–Trinajstić information content (AvgIpc) is 3.26. The first-order valence-corrected chi connectivity index (χ1v) is 8.36. The van der Waals surface area contributed by atoms with Gasteiger partial charge in [-0.3, -0.25) is 4.79 Å². The number of imidazole rings is 1. The summed E-state index contributed by atoms with van der Waals surface area (Å²) in [5.41, 5.74) is 0.910. The predicted octanol–water partition coefficient (Wildman–Crippen LogP) is 4.56. The quantitative estimate of drug-likeness (QED) is 0.729. The van der Waals surface area contributed by atoms with Crippen LogP contribution in [0.4, 0.5) is 13.2 Å². The molecule has 0 radical (unpaired) electrons. The van der Waals surface area contributed by atoms with Crippen LogP contribution in [-0.2, 0) is 6.18 Å². The van der Waals surface area contributed by atoms with E-state index >= 15 is 0 Å². The van der Waals surface area contributed by atoms with Gasteiger partial charge in [-0.1, -0.05) is 18.2 Å². The molecule has 1 fully saturated rings. The summed E-state index contributed by atoms with van der Waals surface area (Å²) in [7, 11) is 0. The number of nitrogens with one attached hydrogen (secondary N) is 1. The van der Waals surface area contributed by atoms with Gasteiger partial charge in [0.15, 0.2) is 0 Å². The van der Waals surface area contributed by atoms with Crippen molar-refractivity contribution in [1.82, 2.24) is 14.9 Å². The molecule has 0 saturated carbocycles. The van der Waals surface area contributed by atoms with Crippen molar-refractivity contribution in [3.05, 3.63) is 65.5 Å². The standard InChI is InChI=1S/C19H16F3N3O/c20-19(21,22)13-6-3-5-12(11-13)18(26)25-10-4-9-16(25)17-23-14-7-1-2-8-15(14)24-17/h1-3,5-8,11,16H,4,9-10H2,(H,23,24). The van der Waals surface area contributed by atoms with Crippen LogP contribution in [0.5, 0.6) is 0 Å². The molecule has 1 unspecified atom stereocenters. The first kappa shape index (κ1) is 16.6. The Morgan fingerprint density at radius 1 is 1.15 bits per heavy atom. The van der Waals surface area contributed by atoms with Gasteiger partial charge in [-0.05, 0) is 43.2 Å². The fourth-order valence-corrected chi connectivity index (χ4v) is 3.42. The van der Waals surface area contributed by atoms with Crippen LogP contribution in [0, 0.1) is 0 Å². The number of aromatic nitrogens is 2. The van der Waals surface area contributed by atoms with Crippen LogP contribution in [0.3, 0.4) is 0 Å². The molecular formula is C19H16F3N3O. The molecule has 1 atom stereocenters. The van der Waals surface area contributed by atoms with Crippen molar-refractivity contribution >= 4 is 16.9 Å². The molecule has 0 aliphatic carbocycles.